The first-order chi connectivity index (χ1) is 11.0. The molecule has 0 N–H and O–H groups in total. The van der Waals surface area contributed by atoms with Crippen LogP contribution in [0.4, 0.5) is 0 Å². The molecule has 24 heavy (non-hydrogen) atoms. The van der Waals surface area contributed by atoms with Crippen molar-refractivity contribution in [1.29, 1.82) is 0 Å². The molecule has 1 aliphatic rings. The SMILES string of the molecule is COC[C@@H](c1ccccc1)N1C[C@@]1(C(=O)OC(C)(C)C)[Si](C)(C)C. The number of benzene rings is 1. The van der Waals surface area contributed by atoms with Gasteiger partial charge in [-0.1, -0.05) is 50.0 Å². The average Bonchev–Trinajstić information content (AvgIpc) is 3.20. The molecule has 1 fully saturated rings. The van der Waals surface area contributed by atoms with Crippen molar-refractivity contribution in [1.82, 2.24) is 4.90 Å². The number of carbonyl (C=O) groups is 1. The molecule has 1 aromatic carbocycles. The smallest absolute Gasteiger partial charge is 0.325 e. The summed E-state index contributed by atoms with van der Waals surface area (Å²) in [6.45, 7) is 13.8. The third kappa shape index (κ3) is 3.73. The Morgan fingerprint density at radius 1 is 1.25 bits per heavy atom. The van der Waals surface area contributed by atoms with Crippen molar-refractivity contribution >= 4 is 14.0 Å². The highest BCUT2D eigenvalue weighted by Gasteiger charge is 2.69. The van der Waals surface area contributed by atoms with Gasteiger partial charge in [0.2, 0.25) is 0 Å². The molecular formula is C19H31NO3Si. The number of carbonyl (C=O) groups excluding carboxylic acids is 1. The maximum atomic E-state index is 13.1. The molecule has 3 atom stereocenters. The van der Waals surface area contributed by atoms with Gasteiger partial charge in [-0.05, 0) is 26.3 Å². The zero-order valence-electron chi connectivity index (χ0n) is 16.1. The Labute approximate surface area is 147 Å². The molecular weight excluding hydrogens is 318 g/mol. The van der Waals surface area contributed by atoms with Crippen LogP contribution < -0.4 is 0 Å². The average molecular weight is 350 g/mol. The van der Waals surface area contributed by atoms with Crippen LogP contribution in [-0.2, 0) is 14.3 Å². The van der Waals surface area contributed by atoms with E-state index in [9.17, 15) is 4.79 Å². The molecule has 4 nitrogen and oxygen atoms in total. The molecule has 1 aromatic rings. The van der Waals surface area contributed by atoms with Gasteiger partial charge in [-0.3, -0.25) is 9.69 Å². The van der Waals surface area contributed by atoms with Gasteiger partial charge in [0.25, 0.3) is 0 Å². The second-order valence-electron chi connectivity index (χ2n) is 8.62. The summed E-state index contributed by atoms with van der Waals surface area (Å²) < 4.78 is 11.3. The third-order valence-corrected chi connectivity index (χ3v) is 7.78. The van der Waals surface area contributed by atoms with Gasteiger partial charge in [0.1, 0.15) is 10.8 Å². The van der Waals surface area contributed by atoms with Gasteiger partial charge in [0.05, 0.1) is 20.7 Å². The molecule has 134 valence electrons. The van der Waals surface area contributed by atoms with Crippen LogP contribution >= 0.6 is 0 Å². The summed E-state index contributed by atoms with van der Waals surface area (Å²) >= 11 is 0. The second kappa shape index (κ2) is 6.62. The largest absolute Gasteiger partial charge is 0.459 e. The van der Waals surface area contributed by atoms with E-state index in [1.807, 2.05) is 39.0 Å². The van der Waals surface area contributed by atoms with Crippen LogP contribution in [0.5, 0.6) is 0 Å². The monoisotopic (exact) mass is 349 g/mol. The maximum Gasteiger partial charge on any atom is 0.325 e. The molecule has 0 radical (unpaired) electrons. The Hall–Kier alpha value is -1.17. The fraction of sp³-hybridized carbons (Fsp3) is 0.632. The lowest BCUT2D eigenvalue weighted by Crippen LogP contribution is -2.54. The molecule has 5 heteroatoms. The van der Waals surface area contributed by atoms with E-state index >= 15 is 0 Å². The van der Waals surface area contributed by atoms with Crippen molar-refractivity contribution in [2.75, 3.05) is 20.3 Å². The highest BCUT2D eigenvalue weighted by Crippen LogP contribution is 2.48. The molecule has 0 amide bonds. The fourth-order valence-corrected chi connectivity index (χ4v) is 5.63. The van der Waals surface area contributed by atoms with Crippen LogP contribution in [0.3, 0.4) is 0 Å². The van der Waals surface area contributed by atoms with E-state index in [-0.39, 0.29) is 12.0 Å². The van der Waals surface area contributed by atoms with Gasteiger partial charge in [-0.25, -0.2) is 0 Å². The predicted octanol–water partition coefficient (Wildman–Crippen LogP) is 3.65. The summed E-state index contributed by atoms with van der Waals surface area (Å²) in [5, 5.41) is -0.473. The van der Waals surface area contributed by atoms with Crippen LogP contribution in [0.1, 0.15) is 32.4 Å². The van der Waals surface area contributed by atoms with Crippen LogP contribution in [-0.4, -0.2) is 50.0 Å². The van der Waals surface area contributed by atoms with Crippen LogP contribution in [0.2, 0.25) is 19.6 Å². The third-order valence-electron chi connectivity index (χ3n) is 4.65. The van der Waals surface area contributed by atoms with Crippen molar-refractivity contribution < 1.29 is 14.3 Å². The molecule has 0 bridgehead atoms. The quantitative estimate of drug-likeness (QED) is 0.446. The van der Waals surface area contributed by atoms with Crippen molar-refractivity contribution in [3.8, 4) is 0 Å². The molecule has 0 spiro atoms. The summed E-state index contributed by atoms with van der Waals surface area (Å²) in [7, 11) is -0.117. The summed E-state index contributed by atoms with van der Waals surface area (Å²) in [6.07, 6.45) is 0. The molecule has 0 aromatic heterocycles. The summed E-state index contributed by atoms with van der Waals surface area (Å²) in [5.74, 6) is -0.0776. The van der Waals surface area contributed by atoms with Crippen molar-refractivity contribution in [3.05, 3.63) is 35.9 Å². The Kier molecular flexibility index (Phi) is 5.28. The van der Waals surface area contributed by atoms with E-state index in [0.717, 1.165) is 6.54 Å². The fourth-order valence-electron chi connectivity index (χ4n) is 3.31. The molecule has 2 rings (SSSR count). The predicted molar refractivity (Wildman–Crippen MR) is 99.7 cm³/mol. The lowest BCUT2D eigenvalue weighted by Gasteiger charge is -2.33. The van der Waals surface area contributed by atoms with E-state index < -0.39 is 18.8 Å². The molecule has 0 saturated carbocycles. The zero-order chi connectivity index (χ0) is 18.2. The Bertz CT molecular complexity index is 577. The van der Waals surface area contributed by atoms with Crippen molar-refractivity contribution in [2.24, 2.45) is 0 Å². The minimum atomic E-state index is -1.83. The van der Waals surface area contributed by atoms with Crippen molar-refractivity contribution in [3.63, 3.8) is 0 Å². The number of esters is 1. The molecule has 1 heterocycles. The van der Waals surface area contributed by atoms with Gasteiger partial charge < -0.3 is 9.47 Å². The van der Waals surface area contributed by atoms with Crippen LogP contribution in [0, 0.1) is 0 Å². The van der Waals surface area contributed by atoms with E-state index in [2.05, 4.69) is 36.7 Å². The normalized spacial score (nSPS) is 25.2. The zero-order valence-corrected chi connectivity index (χ0v) is 17.1. The lowest BCUT2D eigenvalue weighted by atomic mass is 10.1. The highest BCUT2D eigenvalue weighted by atomic mass is 28.3. The van der Waals surface area contributed by atoms with E-state index in [1.165, 1.54) is 5.56 Å². The Morgan fingerprint density at radius 2 is 1.83 bits per heavy atom. The standard InChI is InChI=1S/C19H31NO3Si/c1-18(2,3)23-17(21)19(24(5,6)7)14-20(19)16(13-22-4)15-11-9-8-10-12-15/h8-12,16H,13-14H2,1-7H3/t16-,19-,20?/m0/s1. The molecule has 0 aliphatic carbocycles. The second-order valence-corrected chi connectivity index (χ2v) is 13.9. The molecule has 1 saturated heterocycles. The first-order valence-electron chi connectivity index (χ1n) is 8.57. The van der Waals surface area contributed by atoms with E-state index in [0.29, 0.717) is 6.61 Å². The number of methoxy groups -OCH3 is 1. The number of hydrogen-bond donors (Lipinski definition) is 0. The number of rotatable bonds is 6. The van der Waals surface area contributed by atoms with Gasteiger partial charge >= 0.3 is 5.97 Å². The minimum absolute atomic E-state index is 0.0776. The van der Waals surface area contributed by atoms with Crippen LogP contribution in [0.15, 0.2) is 30.3 Å². The summed E-state index contributed by atoms with van der Waals surface area (Å²) in [5.41, 5.74) is 0.713. The van der Waals surface area contributed by atoms with Gasteiger partial charge in [0.15, 0.2) is 0 Å². The maximum absolute atomic E-state index is 13.1. The van der Waals surface area contributed by atoms with Crippen LogP contribution in [0.25, 0.3) is 0 Å². The topological polar surface area (TPSA) is 38.5 Å². The first-order valence-corrected chi connectivity index (χ1v) is 12.1. The highest BCUT2D eigenvalue weighted by molar-refractivity contribution is 6.83. The lowest BCUT2D eigenvalue weighted by molar-refractivity contribution is -0.157. The summed E-state index contributed by atoms with van der Waals surface area (Å²) in [4.78, 5) is 15.4. The molecule has 1 unspecified atom stereocenters. The Morgan fingerprint density at radius 3 is 2.29 bits per heavy atom. The van der Waals surface area contributed by atoms with Gasteiger partial charge in [-0.2, -0.15) is 0 Å². The van der Waals surface area contributed by atoms with E-state index in [4.69, 9.17) is 9.47 Å². The number of hydrogen-bond acceptors (Lipinski definition) is 4. The first kappa shape index (κ1) is 19.2. The van der Waals surface area contributed by atoms with E-state index in [1.54, 1.807) is 7.11 Å². The molecule has 1 aliphatic heterocycles. The minimum Gasteiger partial charge on any atom is -0.459 e. The van der Waals surface area contributed by atoms with Gasteiger partial charge in [-0.15, -0.1) is 0 Å². The van der Waals surface area contributed by atoms with Gasteiger partial charge in [0, 0.05) is 13.7 Å². The number of ether oxygens (including phenoxy) is 2. The van der Waals surface area contributed by atoms with Crippen molar-refractivity contribution in [2.45, 2.75) is 57.2 Å². The Balaban J connectivity index is 2.34. The summed E-state index contributed by atoms with van der Waals surface area (Å²) in [6, 6.07) is 10.4. The number of nitrogens with zero attached hydrogens (tertiary/aromatic N) is 1.